The van der Waals surface area contributed by atoms with Crippen molar-refractivity contribution in [2.45, 2.75) is 6.61 Å². The van der Waals surface area contributed by atoms with Gasteiger partial charge in [0.2, 0.25) is 11.5 Å². The van der Waals surface area contributed by atoms with Gasteiger partial charge in [0.05, 0.1) is 5.39 Å². The molecule has 0 fully saturated rings. The second-order valence-corrected chi connectivity index (χ2v) is 6.38. The highest BCUT2D eigenvalue weighted by molar-refractivity contribution is 5.89. The van der Waals surface area contributed by atoms with Gasteiger partial charge in [0.15, 0.2) is 11.2 Å². The molecule has 0 saturated carbocycles. The minimum atomic E-state index is -0.763. The number of carbonyl (C=O) groups excluding carboxylic acids is 1. The molecule has 0 saturated heterocycles. The average molecular weight is 387 g/mol. The number of para-hydroxylation sites is 2. The first kappa shape index (κ1) is 17.0. The molecule has 0 radical (unpaired) electrons. The van der Waals surface area contributed by atoms with Gasteiger partial charge in [-0.2, -0.15) is 0 Å². The highest BCUT2D eigenvalue weighted by Gasteiger charge is 2.16. The summed E-state index contributed by atoms with van der Waals surface area (Å²) in [7, 11) is 0. The van der Waals surface area contributed by atoms with E-state index in [9.17, 15) is 9.59 Å². The van der Waals surface area contributed by atoms with Gasteiger partial charge in [-0.1, -0.05) is 35.5 Å². The van der Waals surface area contributed by atoms with E-state index >= 15 is 0 Å². The zero-order valence-electron chi connectivity index (χ0n) is 15.0. The van der Waals surface area contributed by atoms with Gasteiger partial charge in [0.25, 0.3) is 0 Å². The van der Waals surface area contributed by atoms with E-state index in [1.54, 1.807) is 30.3 Å². The van der Waals surface area contributed by atoms with Crippen LogP contribution in [0.4, 0.5) is 0 Å². The van der Waals surface area contributed by atoms with Gasteiger partial charge in [-0.05, 0) is 24.3 Å². The first-order valence-electron chi connectivity index (χ1n) is 8.82. The summed E-state index contributed by atoms with van der Waals surface area (Å²) in [6.07, 6.45) is 0. The lowest BCUT2D eigenvalue weighted by Crippen LogP contribution is -2.10. The van der Waals surface area contributed by atoms with Crippen LogP contribution in [0.5, 0.6) is 0 Å². The van der Waals surface area contributed by atoms with Crippen molar-refractivity contribution >= 4 is 27.9 Å². The Balaban J connectivity index is 1.33. The molecule has 0 atom stereocenters. The molecule has 0 unspecified atom stereocenters. The van der Waals surface area contributed by atoms with Crippen molar-refractivity contribution in [3.63, 3.8) is 0 Å². The quantitative estimate of drug-likeness (QED) is 0.417. The van der Waals surface area contributed by atoms with E-state index in [1.165, 1.54) is 0 Å². The summed E-state index contributed by atoms with van der Waals surface area (Å²) in [6.45, 7) is -0.140. The maximum Gasteiger partial charge on any atom is 0.374 e. The molecular weight excluding hydrogens is 374 g/mol. The van der Waals surface area contributed by atoms with E-state index in [1.807, 2.05) is 30.3 Å². The number of benzene rings is 2. The summed E-state index contributed by atoms with van der Waals surface area (Å²) < 4.78 is 21.7. The Morgan fingerprint density at radius 1 is 0.897 bits per heavy atom. The van der Waals surface area contributed by atoms with Crippen LogP contribution in [0.25, 0.3) is 33.5 Å². The number of ether oxygens (including phenoxy) is 1. The number of aromatic nitrogens is 1. The summed E-state index contributed by atoms with van der Waals surface area (Å²) in [4.78, 5) is 24.4. The number of rotatable bonds is 4. The fourth-order valence-corrected chi connectivity index (χ4v) is 3.01. The van der Waals surface area contributed by atoms with E-state index in [0.717, 1.165) is 17.0 Å². The monoisotopic (exact) mass is 387 g/mol. The molecule has 29 heavy (non-hydrogen) atoms. The van der Waals surface area contributed by atoms with Crippen molar-refractivity contribution in [1.29, 1.82) is 0 Å². The SMILES string of the molecule is O=C(OCc1cc(-c2cc3ccccc3o2)on1)c1cc(=O)c2ccccc2o1. The molecular formula is C22H13NO6. The molecule has 0 aliphatic heterocycles. The Morgan fingerprint density at radius 2 is 1.69 bits per heavy atom. The van der Waals surface area contributed by atoms with E-state index in [4.69, 9.17) is 18.1 Å². The molecule has 0 N–H and O–H groups in total. The number of nitrogens with zero attached hydrogens (tertiary/aromatic N) is 1. The second kappa shape index (κ2) is 6.79. The standard InChI is InChI=1S/C22H13NO6/c24-16-11-21(28-18-8-4-2-6-15(16)18)22(25)26-12-14-10-20(29-23-14)19-9-13-5-1-3-7-17(13)27-19/h1-11H,12H2. The predicted octanol–water partition coefficient (Wildman–Crippen LogP) is 4.55. The van der Waals surface area contributed by atoms with E-state index in [0.29, 0.717) is 28.2 Å². The summed E-state index contributed by atoms with van der Waals surface area (Å²) in [5.41, 5.74) is 1.14. The Morgan fingerprint density at radius 3 is 2.55 bits per heavy atom. The third kappa shape index (κ3) is 3.19. The normalized spacial score (nSPS) is 11.2. The maximum absolute atomic E-state index is 12.3. The van der Waals surface area contributed by atoms with Gasteiger partial charge < -0.3 is 18.1 Å². The Kier molecular flexibility index (Phi) is 3.98. The Hall–Kier alpha value is -4.13. The van der Waals surface area contributed by atoms with Crippen LogP contribution in [0.15, 0.2) is 84.9 Å². The van der Waals surface area contributed by atoms with Crippen LogP contribution >= 0.6 is 0 Å². The summed E-state index contributed by atoms with van der Waals surface area (Å²) in [6, 6.07) is 18.9. The van der Waals surface area contributed by atoms with Gasteiger partial charge in [0, 0.05) is 17.5 Å². The van der Waals surface area contributed by atoms with Gasteiger partial charge in [-0.15, -0.1) is 0 Å². The lowest BCUT2D eigenvalue weighted by atomic mass is 10.2. The van der Waals surface area contributed by atoms with Crippen molar-refractivity contribution in [2.75, 3.05) is 0 Å². The number of carbonyl (C=O) groups is 1. The lowest BCUT2D eigenvalue weighted by Gasteiger charge is -2.03. The number of hydrogen-bond acceptors (Lipinski definition) is 7. The largest absolute Gasteiger partial charge is 0.453 e. The molecule has 2 aromatic carbocycles. The Bertz CT molecular complexity index is 1370. The van der Waals surface area contributed by atoms with Crippen LogP contribution in [0.3, 0.4) is 0 Å². The molecule has 0 spiro atoms. The topological polar surface area (TPSA) is 95.7 Å². The van der Waals surface area contributed by atoms with E-state index < -0.39 is 5.97 Å². The molecule has 7 nitrogen and oxygen atoms in total. The van der Waals surface area contributed by atoms with Crippen LogP contribution in [-0.2, 0) is 11.3 Å². The van der Waals surface area contributed by atoms with Crippen molar-refractivity contribution in [1.82, 2.24) is 5.16 Å². The second-order valence-electron chi connectivity index (χ2n) is 6.38. The fourth-order valence-electron chi connectivity index (χ4n) is 3.01. The van der Waals surface area contributed by atoms with Crippen LogP contribution in [0.1, 0.15) is 16.2 Å². The van der Waals surface area contributed by atoms with Crippen molar-refractivity contribution in [3.8, 4) is 11.5 Å². The average Bonchev–Trinajstić information content (AvgIpc) is 3.38. The lowest BCUT2D eigenvalue weighted by molar-refractivity contribution is 0.0428. The predicted molar refractivity (Wildman–Crippen MR) is 103 cm³/mol. The van der Waals surface area contributed by atoms with Gasteiger partial charge in [-0.25, -0.2) is 4.79 Å². The first-order chi connectivity index (χ1) is 14.2. The van der Waals surface area contributed by atoms with Gasteiger partial charge in [-0.3, -0.25) is 4.79 Å². The third-order valence-electron chi connectivity index (χ3n) is 4.41. The molecule has 0 bridgehead atoms. The highest BCUT2D eigenvalue weighted by atomic mass is 16.5. The maximum atomic E-state index is 12.3. The molecule has 7 heteroatoms. The van der Waals surface area contributed by atoms with Gasteiger partial charge >= 0.3 is 5.97 Å². The zero-order valence-corrected chi connectivity index (χ0v) is 15.0. The third-order valence-corrected chi connectivity index (χ3v) is 4.41. The summed E-state index contributed by atoms with van der Waals surface area (Å²) >= 11 is 0. The summed E-state index contributed by atoms with van der Waals surface area (Å²) in [5, 5.41) is 5.23. The molecule has 3 heterocycles. The minimum absolute atomic E-state index is 0.140. The van der Waals surface area contributed by atoms with Crippen molar-refractivity contribution in [2.24, 2.45) is 0 Å². The van der Waals surface area contributed by atoms with Crippen LogP contribution in [-0.4, -0.2) is 11.1 Å². The molecule has 0 aliphatic carbocycles. The van der Waals surface area contributed by atoms with Crippen LogP contribution < -0.4 is 5.43 Å². The highest BCUT2D eigenvalue weighted by Crippen LogP contribution is 2.28. The molecule has 5 rings (SSSR count). The molecule has 0 amide bonds. The Labute approximate surface area is 163 Å². The minimum Gasteiger partial charge on any atom is -0.453 e. The van der Waals surface area contributed by atoms with Crippen LogP contribution in [0.2, 0.25) is 0 Å². The van der Waals surface area contributed by atoms with E-state index in [2.05, 4.69) is 5.16 Å². The summed E-state index contributed by atoms with van der Waals surface area (Å²) in [5.74, 6) is 0.0112. The fraction of sp³-hybridized carbons (Fsp3) is 0.0455. The van der Waals surface area contributed by atoms with E-state index in [-0.39, 0.29) is 17.8 Å². The van der Waals surface area contributed by atoms with Crippen LogP contribution in [0, 0.1) is 0 Å². The number of hydrogen-bond donors (Lipinski definition) is 0. The van der Waals surface area contributed by atoms with Crippen molar-refractivity contribution in [3.05, 3.63) is 88.4 Å². The number of esters is 1. The molecule has 142 valence electrons. The molecule has 3 aromatic heterocycles. The smallest absolute Gasteiger partial charge is 0.374 e. The van der Waals surface area contributed by atoms with Crippen molar-refractivity contribution < 1.29 is 22.9 Å². The number of furan rings is 1. The molecule has 0 aliphatic rings. The number of fused-ring (bicyclic) bond motifs is 2. The van der Waals surface area contributed by atoms with Gasteiger partial charge in [0.1, 0.15) is 23.5 Å². The molecule has 5 aromatic rings. The first-order valence-corrected chi connectivity index (χ1v) is 8.82. The zero-order chi connectivity index (χ0) is 19.8.